The van der Waals surface area contributed by atoms with Gasteiger partial charge in [0.05, 0.1) is 28.6 Å². The van der Waals surface area contributed by atoms with Crippen LogP contribution in [0, 0.1) is 0 Å². The number of aliphatic hydroxyl groups excluding tert-OH is 1. The van der Waals surface area contributed by atoms with Crippen LogP contribution in [-0.2, 0) is 23.6 Å². The molecule has 0 radical (unpaired) electrons. The molecule has 2 aromatic rings. The second kappa shape index (κ2) is 6.03. The normalized spacial score (nSPS) is 22.7. The van der Waals surface area contributed by atoms with Gasteiger partial charge in [-0.05, 0) is 37.3 Å². The van der Waals surface area contributed by atoms with Gasteiger partial charge < -0.3 is 15.3 Å². The number of nitrogens with zero attached hydrogens (tertiary/aromatic N) is 3. The van der Waals surface area contributed by atoms with Crippen molar-refractivity contribution in [1.82, 2.24) is 9.97 Å². The number of aryl methyl sites for hydroxylation is 1. The predicted octanol–water partition coefficient (Wildman–Crippen LogP) is 2.16. The van der Waals surface area contributed by atoms with Crippen LogP contribution in [0.4, 0.5) is 17.5 Å². The van der Waals surface area contributed by atoms with Gasteiger partial charge in [-0.2, -0.15) is 4.98 Å². The molecule has 26 heavy (non-hydrogen) atoms. The number of anilines is 3. The van der Waals surface area contributed by atoms with Crippen molar-refractivity contribution < 1.29 is 9.32 Å². The van der Waals surface area contributed by atoms with Crippen LogP contribution in [0.25, 0.3) is 0 Å². The molecule has 1 aliphatic carbocycles. The predicted molar refractivity (Wildman–Crippen MR) is 101 cm³/mol. The van der Waals surface area contributed by atoms with Crippen molar-refractivity contribution in [3.63, 3.8) is 0 Å². The fourth-order valence-electron chi connectivity index (χ4n) is 4.11. The third-order valence-electron chi connectivity index (χ3n) is 5.80. The molecule has 0 unspecified atom stereocenters. The second-order valence-electron chi connectivity index (χ2n) is 7.40. The van der Waals surface area contributed by atoms with E-state index >= 15 is 0 Å². The first-order valence-corrected chi connectivity index (χ1v) is 10.5. The number of aromatic nitrogens is 2. The van der Waals surface area contributed by atoms with E-state index in [4.69, 9.17) is 9.97 Å². The van der Waals surface area contributed by atoms with Gasteiger partial charge in [0.15, 0.2) is 0 Å². The summed E-state index contributed by atoms with van der Waals surface area (Å²) >= 11 is 0. The van der Waals surface area contributed by atoms with E-state index in [0.29, 0.717) is 23.9 Å². The van der Waals surface area contributed by atoms with Crippen molar-refractivity contribution in [1.29, 1.82) is 0 Å². The summed E-state index contributed by atoms with van der Waals surface area (Å²) in [5.41, 5.74) is 3.01. The Labute approximate surface area is 155 Å². The third kappa shape index (κ3) is 2.45. The zero-order valence-electron chi connectivity index (χ0n) is 14.6. The minimum Gasteiger partial charge on any atom is -0.394 e. The lowest BCUT2D eigenvalue weighted by Gasteiger charge is -2.41. The fraction of sp³-hybridized carbons (Fsp3) is 0.474. The van der Waals surface area contributed by atoms with Gasteiger partial charge >= 0.3 is 0 Å². The lowest BCUT2D eigenvalue weighted by Crippen LogP contribution is -2.48. The molecule has 0 bridgehead atoms. The fourth-order valence-corrected chi connectivity index (χ4v) is 5.42. The molecule has 7 heteroatoms. The highest BCUT2D eigenvalue weighted by Gasteiger charge is 2.39. The minimum absolute atomic E-state index is 0.0697. The van der Waals surface area contributed by atoms with Crippen LogP contribution >= 0.6 is 0 Å². The molecule has 0 saturated heterocycles. The number of hydrogen-bond donors (Lipinski definition) is 2. The Hall–Kier alpha value is -1.99. The standard InChI is InChI=1S/C19H22N4O2S/c24-12-19(8-3-9-19)22-17-16-14(7-11-26(16)25)20-18(21-17)23-10-6-13-4-1-2-5-15(13)23/h1-2,4-5,24H,3,6-12H2,(H,20,21,22)/t26-/m0/s1. The van der Waals surface area contributed by atoms with Crippen LogP contribution in [0.15, 0.2) is 29.2 Å². The van der Waals surface area contributed by atoms with E-state index in [-0.39, 0.29) is 12.1 Å². The largest absolute Gasteiger partial charge is 0.394 e. The summed E-state index contributed by atoms with van der Waals surface area (Å²) in [6, 6.07) is 8.34. The Morgan fingerprint density at radius 2 is 2.08 bits per heavy atom. The van der Waals surface area contributed by atoms with Crippen LogP contribution in [0.3, 0.4) is 0 Å². The SMILES string of the molecule is O=[S@]1CCc2nc(N3CCc4ccccc43)nc(NC3(CO)CCC3)c21. The Morgan fingerprint density at radius 3 is 2.85 bits per heavy atom. The van der Waals surface area contributed by atoms with Crippen LogP contribution in [0.1, 0.15) is 30.5 Å². The van der Waals surface area contributed by atoms with E-state index in [2.05, 4.69) is 28.4 Å². The average molecular weight is 370 g/mol. The highest BCUT2D eigenvalue weighted by atomic mass is 32.2. The summed E-state index contributed by atoms with van der Waals surface area (Å²) in [5, 5.41) is 13.3. The topological polar surface area (TPSA) is 78.4 Å². The number of hydrogen-bond acceptors (Lipinski definition) is 6. The Morgan fingerprint density at radius 1 is 1.23 bits per heavy atom. The molecule has 0 spiro atoms. The molecule has 3 heterocycles. The van der Waals surface area contributed by atoms with Gasteiger partial charge in [0.1, 0.15) is 10.7 Å². The lowest BCUT2D eigenvalue weighted by molar-refractivity contribution is 0.143. The summed E-state index contributed by atoms with van der Waals surface area (Å²) in [4.78, 5) is 12.4. The molecule has 3 aliphatic rings. The lowest BCUT2D eigenvalue weighted by atomic mass is 9.77. The van der Waals surface area contributed by atoms with Gasteiger partial charge in [0.2, 0.25) is 5.95 Å². The molecular formula is C19H22N4O2S. The first kappa shape index (κ1) is 16.2. The van der Waals surface area contributed by atoms with Crippen molar-refractivity contribution in [2.45, 2.75) is 42.5 Å². The van der Waals surface area contributed by atoms with Crippen LogP contribution in [0.2, 0.25) is 0 Å². The summed E-state index contributed by atoms with van der Waals surface area (Å²) < 4.78 is 12.5. The number of fused-ring (bicyclic) bond motifs is 2. The van der Waals surface area contributed by atoms with Crippen LogP contribution in [-0.4, -0.2) is 43.7 Å². The molecule has 2 aliphatic heterocycles. The van der Waals surface area contributed by atoms with Gasteiger partial charge in [-0.25, -0.2) is 4.98 Å². The Balaban J connectivity index is 1.58. The van der Waals surface area contributed by atoms with E-state index in [1.807, 2.05) is 6.07 Å². The maximum Gasteiger partial charge on any atom is 0.232 e. The molecule has 2 N–H and O–H groups in total. The molecule has 0 amide bonds. The van der Waals surface area contributed by atoms with Crippen molar-refractivity contribution in [2.75, 3.05) is 29.1 Å². The molecule has 6 nitrogen and oxygen atoms in total. The van der Waals surface area contributed by atoms with Crippen molar-refractivity contribution >= 4 is 28.3 Å². The number of aliphatic hydroxyl groups is 1. The monoisotopic (exact) mass is 370 g/mol. The quantitative estimate of drug-likeness (QED) is 0.859. The molecule has 1 aromatic carbocycles. The number of nitrogens with one attached hydrogen (secondary N) is 1. The molecule has 1 saturated carbocycles. The van der Waals surface area contributed by atoms with Gasteiger partial charge in [-0.1, -0.05) is 18.2 Å². The summed E-state index contributed by atoms with van der Waals surface area (Å²) in [6.07, 6.45) is 4.61. The summed E-state index contributed by atoms with van der Waals surface area (Å²) in [5.74, 6) is 1.92. The highest BCUT2D eigenvalue weighted by Crippen LogP contribution is 2.40. The van der Waals surface area contributed by atoms with E-state index in [1.165, 1.54) is 5.56 Å². The van der Waals surface area contributed by atoms with Crippen molar-refractivity contribution in [3.05, 3.63) is 35.5 Å². The number of rotatable bonds is 4. The van der Waals surface area contributed by atoms with Crippen LogP contribution < -0.4 is 10.2 Å². The smallest absolute Gasteiger partial charge is 0.232 e. The van der Waals surface area contributed by atoms with E-state index in [9.17, 15) is 9.32 Å². The highest BCUT2D eigenvalue weighted by molar-refractivity contribution is 7.85. The van der Waals surface area contributed by atoms with Gasteiger partial charge in [0.25, 0.3) is 0 Å². The maximum atomic E-state index is 12.5. The minimum atomic E-state index is -1.07. The molecule has 1 aromatic heterocycles. The van der Waals surface area contributed by atoms with Gasteiger partial charge in [-0.3, -0.25) is 4.21 Å². The summed E-state index contributed by atoms with van der Waals surface area (Å²) in [6.45, 7) is 0.923. The van der Waals surface area contributed by atoms with Crippen LogP contribution in [0.5, 0.6) is 0 Å². The average Bonchev–Trinajstić information content (AvgIpc) is 3.22. The molecular weight excluding hydrogens is 348 g/mol. The van der Waals surface area contributed by atoms with Gasteiger partial charge in [-0.15, -0.1) is 0 Å². The Kier molecular flexibility index (Phi) is 3.76. The zero-order chi connectivity index (χ0) is 17.7. The third-order valence-corrected chi connectivity index (χ3v) is 7.26. The van der Waals surface area contributed by atoms with Crippen molar-refractivity contribution in [2.24, 2.45) is 0 Å². The maximum absolute atomic E-state index is 12.5. The molecule has 1 atom stereocenters. The zero-order valence-corrected chi connectivity index (χ0v) is 15.4. The first-order valence-electron chi connectivity index (χ1n) is 9.23. The number of para-hydroxylation sites is 1. The molecule has 136 valence electrons. The molecule has 5 rings (SSSR count). The summed E-state index contributed by atoms with van der Waals surface area (Å²) in [7, 11) is -1.07. The van der Waals surface area contributed by atoms with Gasteiger partial charge in [0, 0.05) is 24.4 Å². The first-order chi connectivity index (χ1) is 12.7. The second-order valence-corrected chi connectivity index (χ2v) is 8.90. The van der Waals surface area contributed by atoms with Crippen molar-refractivity contribution in [3.8, 4) is 0 Å². The molecule has 1 fully saturated rings. The van der Waals surface area contributed by atoms with E-state index < -0.39 is 10.8 Å². The van der Waals surface area contributed by atoms with E-state index in [0.717, 1.165) is 48.5 Å². The number of benzene rings is 1. The Bertz CT molecular complexity index is 892. The van der Waals surface area contributed by atoms with E-state index in [1.54, 1.807) is 0 Å².